The average molecular weight is 284 g/mol. The molecule has 0 rings (SSSR count). The highest BCUT2D eigenvalue weighted by molar-refractivity contribution is 5.82. The van der Waals surface area contributed by atoms with Gasteiger partial charge in [0.2, 0.25) is 0 Å². The van der Waals surface area contributed by atoms with Gasteiger partial charge in [-0.25, -0.2) is 0 Å². The molecule has 3 atom stereocenters. The van der Waals surface area contributed by atoms with Crippen molar-refractivity contribution in [2.24, 2.45) is 5.92 Å². The first-order valence-electron chi connectivity index (χ1n) is 8.14. The number of ether oxygens (including phenoxy) is 1. The Morgan fingerprint density at radius 3 is 2.40 bits per heavy atom. The number of rotatable bonds is 8. The molecule has 0 aliphatic rings. The van der Waals surface area contributed by atoms with Crippen LogP contribution in [0.1, 0.15) is 38.2 Å². The van der Waals surface area contributed by atoms with Crippen LogP contribution in [0.2, 0.25) is 0 Å². The summed E-state index contributed by atoms with van der Waals surface area (Å²) >= 11 is 0. The lowest BCUT2D eigenvalue weighted by Gasteiger charge is -2.33. The first-order valence-corrected chi connectivity index (χ1v) is 6.64. The lowest BCUT2D eigenvalue weighted by atomic mass is 9.91. The Balaban J connectivity index is 4.98. The number of allylic oxidation sites excluding steroid dienone is 4. The monoisotopic (exact) mass is 284 g/mol. The van der Waals surface area contributed by atoms with Crippen molar-refractivity contribution in [2.75, 3.05) is 14.1 Å². The molecule has 4 heteroatoms. The molecule has 0 saturated carbocycles. The smallest absolute Gasteiger partial charge is 0.302 e. The van der Waals surface area contributed by atoms with Gasteiger partial charge < -0.3 is 4.74 Å². The molecule has 0 aromatic rings. The zero-order valence-corrected chi connectivity index (χ0v) is 12.9. The van der Waals surface area contributed by atoms with Gasteiger partial charge in [0.05, 0.1) is 0 Å². The summed E-state index contributed by atoms with van der Waals surface area (Å²) in [5.41, 5.74) is 0. The normalized spacial score (nSPS) is 19.4. The molecule has 1 unspecified atom stereocenters. The summed E-state index contributed by atoms with van der Waals surface area (Å²) in [6.07, 6.45) is 6.05. The van der Waals surface area contributed by atoms with Crippen molar-refractivity contribution in [1.29, 1.82) is 0 Å². The van der Waals surface area contributed by atoms with Crippen LogP contribution in [0.5, 0.6) is 0 Å². The van der Waals surface area contributed by atoms with E-state index in [-0.39, 0.29) is 11.7 Å². The van der Waals surface area contributed by atoms with Crippen molar-refractivity contribution in [3.63, 3.8) is 0 Å². The molecule has 0 heterocycles. The van der Waals surface area contributed by atoms with Gasteiger partial charge in [-0.1, -0.05) is 31.2 Å². The molecule has 0 fully saturated rings. The topological polar surface area (TPSA) is 46.6 Å². The van der Waals surface area contributed by atoms with E-state index in [0.717, 1.165) is 6.08 Å². The van der Waals surface area contributed by atoms with Gasteiger partial charge in [-0.05, 0) is 40.2 Å². The highest BCUT2D eigenvalue weighted by Crippen LogP contribution is 2.20. The van der Waals surface area contributed by atoms with E-state index < -0.39 is 25.0 Å². The van der Waals surface area contributed by atoms with Gasteiger partial charge in [-0.3, -0.25) is 14.5 Å². The van der Waals surface area contributed by atoms with Crippen LogP contribution in [-0.4, -0.2) is 42.9 Å². The molecule has 0 bridgehead atoms. The molecule has 0 aliphatic carbocycles. The SMILES string of the molecule is [2H]C([2H])([2H])C=CC=CC[C@@H](C)C(OC(C)=O)[C@@H](C(C)=O)N(C)C. The fourth-order valence-electron chi connectivity index (χ4n) is 2.13. The Morgan fingerprint density at radius 1 is 1.30 bits per heavy atom. The van der Waals surface area contributed by atoms with Crippen molar-refractivity contribution >= 4 is 11.8 Å². The molecule has 0 aliphatic heterocycles. The van der Waals surface area contributed by atoms with E-state index in [1.807, 2.05) is 6.92 Å². The van der Waals surface area contributed by atoms with Gasteiger partial charge in [0, 0.05) is 11.0 Å². The molecular formula is C16H27NO3. The molecule has 0 N–H and O–H groups in total. The zero-order chi connectivity index (χ0) is 18.2. The standard InChI is InChI=1S/C16H27NO3/c1-7-8-9-10-11-12(2)16(20-14(4)19)15(13(3)18)17(5)6/h7-10,12,15-16H,11H2,1-6H3/t12-,15-,16?/m1/s1/i1D3. The van der Waals surface area contributed by atoms with Crippen molar-refractivity contribution < 1.29 is 18.4 Å². The van der Waals surface area contributed by atoms with E-state index >= 15 is 0 Å². The first kappa shape index (κ1) is 13.6. The fraction of sp³-hybridized carbons (Fsp3) is 0.625. The minimum atomic E-state index is -2.10. The van der Waals surface area contributed by atoms with E-state index in [1.165, 1.54) is 19.9 Å². The maximum Gasteiger partial charge on any atom is 0.302 e. The predicted molar refractivity (Wildman–Crippen MR) is 81.4 cm³/mol. The lowest BCUT2D eigenvalue weighted by Crippen LogP contribution is -2.49. The second kappa shape index (κ2) is 9.48. The molecule has 0 aromatic carbocycles. The van der Waals surface area contributed by atoms with Crippen LogP contribution in [0.15, 0.2) is 24.3 Å². The number of Topliss-reactive ketones (excluding diaryl/α,β-unsaturated/α-hetero) is 1. The molecule has 0 aromatic heterocycles. The highest BCUT2D eigenvalue weighted by atomic mass is 16.5. The average Bonchev–Trinajstić information content (AvgIpc) is 2.34. The number of carbonyl (C=O) groups is 2. The summed E-state index contributed by atoms with van der Waals surface area (Å²) in [6.45, 7) is 2.59. The van der Waals surface area contributed by atoms with E-state index in [2.05, 4.69) is 0 Å². The van der Waals surface area contributed by atoms with Crippen LogP contribution >= 0.6 is 0 Å². The molecular weight excluding hydrogens is 254 g/mol. The third-order valence-corrected chi connectivity index (χ3v) is 3.00. The van der Waals surface area contributed by atoms with Crippen molar-refractivity contribution in [2.45, 2.75) is 46.2 Å². The Kier molecular flexibility index (Phi) is 6.43. The zero-order valence-electron chi connectivity index (χ0n) is 15.9. The predicted octanol–water partition coefficient (Wildman–Crippen LogP) is 2.60. The van der Waals surface area contributed by atoms with Gasteiger partial charge in [0.25, 0.3) is 0 Å². The van der Waals surface area contributed by atoms with Crippen molar-refractivity contribution in [1.82, 2.24) is 4.90 Å². The number of likely N-dealkylation sites (N-methyl/N-ethyl adjacent to an activating group) is 1. The maximum absolute atomic E-state index is 11.9. The van der Waals surface area contributed by atoms with Gasteiger partial charge >= 0.3 is 5.97 Å². The maximum atomic E-state index is 11.9. The van der Waals surface area contributed by atoms with Crippen LogP contribution in [0.3, 0.4) is 0 Å². The number of nitrogens with zero attached hydrogens (tertiary/aromatic N) is 1. The molecule has 0 saturated heterocycles. The van der Waals surface area contributed by atoms with Crippen molar-refractivity contribution in [3.05, 3.63) is 24.3 Å². The number of ketones is 1. The number of hydrogen-bond donors (Lipinski definition) is 0. The second-order valence-electron chi connectivity index (χ2n) is 5.09. The van der Waals surface area contributed by atoms with Gasteiger partial charge in [-0.2, -0.15) is 0 Å². The van der Waals surface area contributed by atoms with Crippen LogP contribution in [0, 0.1) is 5.92 Å². The summed E-state index contributed by atoms with van der Waals surface area (Å²) in [6, 6.07) is -0.514. The van der Waals surface area contributed by atoms with Crippen LogP contribution in [-0.2, 0) is 14.3 Å². The largest absolute Gasteiger partial charge is 0.460 e. The lowest BCUT2D eigenvalue weighted by molar-refractivity contribution is -0.154. The van der Waals surface area contributed by atoms with Crippen molar-refractivity contribution in [3.8, 4) is 0 Å². The van der Waals surface area contributed by atoms with Gasteiger partial charge in [0.1, 0.15) is 12.1 Å². The minimum absolute atomic E-state index is 0.0700. The number of esters is 1. The first-order chi connectivity index (χ1) is 10.5. The molecule has 0 spiro atoms. The molecule has 20 heavy (non-hydrogen) atoms. The summed E-state index contributed by atoms with van der Waals surface area (Å²) < 4.78 is 26.5. The molecule has 114 valence electrons. The summed E-state index contributed by atoms with van der Waals surface area (Å²) in [4.78, 5) is 25.0. The van der Waals surface area contributed by atoms with E-state index in [1.54, 1.807) is 31.1 Å². The van der Waals surface area contributed by atoms with E-state index in [4.69, 9.17) is 8.85 Å². The second-order valence-corrected chi connectivity index (χ2v) is 5.09. The Labute approximate surface area is 126 Å². The number of hydrogen-bond acceptors (Lipinski definition) is 4. The van der Waals surface area contributed by atoms with E-state index in [9.17, 15) is 9.59 Å². The Hall–Kier alpha value is -1.42. The highest BCUT2D eigenvalue weighted by Gasteiger charge is 2.33. The number of carbonyl (C=O) groups excluding carboxylic acids is 2. The molecule has 0 amide bonds. The summed E-state index contributed by atoms with van der Waals surface area (Å²) in [5.74, 6) is -0.590. The third-order valence-electron chi connectivity index (χ3n) is 3.00. The minimum Gasteiger partial charge on any atom is -0.460 e. The van der Waals surface area contributed by atoms with Crippen LogP contribution in [0.4, 0.5) is 0 Å². The third kappa shape index (κ3) is 6.66. The summed E-state index contributed by atoms with van der Waals surface area (Å²) in [7, 11) is 3.54. The fourth-order valence-corrected chi connectivity index (χ4v) is 2.13. The van der Waals surface area contributed by atoms with Gasteiger partial charge in [0.15, 0.2) is 5.78 Å². The molecule has 4 nitrogen and oxygen atoms in total. The van der Waals surface area contributed by atoms with Gasteiger partial charge in [-0.15, -0.1) is 0 Å². The van der Waals surface area contributed by atoms with Crippen LogP contribution < -0.4 is 0 Å². The Morgan fingerprint density at radius 2 is 1.95 bits per heavy atom. The molecule has 0 radical (unpaired) electrons. The van der Waals surface area contributed by atoms with Crippen LogP contribution in [0.25, 0.3) is 0 Å². The van der Waals surface area contributed by atoms with E-state index in [0.29, 0.717) is 6.42 Å². The summed E-state index contributed by atoms with van der Waals surface area (Å²) in [5, 5.41) is 0. The Bertz CT molecular complexity index is 456. The quantitative estimate of drug-likeness (QED) is 0.508.